The third kappa shape index (κ3) is 4.82. The van der Waals surface area contributed by atoms with Crippen LogP contribution in [0.4, 0.5) is 0 Å². The van der Waals surface area contributed by atoms with E-state index in [1.54, 1.807) is 0 Å². The van der Waals surface area contributed by atoms with Gasteiger partial charge in [0.25, 0.3) is 0 Å². The molecule has 254 valence electrons. The molecule has 11 rings (SSSR count). The zero-order valence-electron chi connectivity index (χ0n) is 29.4. The Kier molecular flexibility index (Phi) is 6.92. The smallest absolute Gasteiger partial charge is 0.164 e. The predicted octanol–water partition coefficient (Wildman–Crippen LogP) is 12.0. The SMILES string of the molecule is C1=Cc2ccc3c(c2CC1)c1cc2c4ccccc4n(-c4ccc(-c5nc(-c6ccccc6)nc(-c6ccccc6)n5)cc4)c2cc1n3-c1ccccc1. The summed E-state index contributed by atoms with van der Waals surface area (Å²) in [4.78, 5) is 14.8. The van der Waals surface area contributed by atoms with Crippen LogP contribution in [0.25, 0.3) is 95.2 Å². The van der Waals surface area contributed by atoms with Crippen molar-refractivity contribution in [3.05, 3.63) is 181 Å². The summed E-state index contributed by atoms with van der Waals surface area (Å²) in [5, 5.41) is 5.14. The molecule has 0 radical (unpaired) electrons. The van der Waals surface area contributed by atoms with Crippen molar-refractivity contribution in [1.82, 2.24) is 24.1 Å². The quantitative estimate of drug-likeness (QED) is 0.180. The van der Waals surface area contributed by atoms with Crippen LogP contribution in [-0.4, -0.2) is 24.1 Å². The van der Waals surface area contributed by atoms with Gasteiger partial charge in [0.2, 0.25) is 0 Å². The molecular weight excluding hydrogens is 659 g/mol. The van der Waals surface area contributed by atoms with Crippen molar-refractivity contribution >= 4 is 49.7 Å². The Bertz CT molecular complexity index is 3010. The van der Waals surface area contributed by atoms with E-state index >= 15 is 0 Å². The highest BCUT2D eigenvalue weighted by atomic mass is 15.0. The van der Waals surface area contributed by atoms with Crippen molar-refractivity contribution in [2.45, 2.75) is 12.8 Å². The Morgan fingerprint density at radius 2 is 0.963 bits per heavy atom. The Morgan fingerprint density at radius 3 is 1.65 bits per heavy atom. The van der Waals surface area contributed by atoms with Gasteiger partial charge < -0.3 is 9.13 Å². The number of nitrogens with zero attached hydrogens (tertiary/aromatic N) is 5. The summed E-state index contributed by atoms with van der Waals surface area (Å²) in [7, 11) is 0. The highest BCUT2D eigenvalue weighted by molar-refractivity contribution is 6.20. The first kappa shape index (κ1) is 30.5. The third-order valence-electron chi connectivity index (χ3n) is 10.8. The van der Waals surface area contributed by atoms with Crippen molar-refractivity contribution < 1.29 is 0 Å². The fraction of sp³-hybridized carbons (Fsp3) is 0.0408. The second kappa shape index (κ2) is 12.2. The molecule has 0 N–H and O–H groups in total. The van der Waals surface area contributed by atoms with Crippen LogP contribution in [0.3, 0.4) is 0 Å². The monoisotopic (exact) mass is 691 g/mol. The summed E-state index contributed by atoms with van der Waals surface area (Å²) in [5.74, 6) is 1.95. The fourth-order valence-corrected chi connectivity index (χ4v) is 8.35. The minimum Gasteiger partial charge on any atom is -0.309 e. The summed E-state index contributed by atoms with van der Waals surface area (Å²) in [6, 6.07) is 57.9. The summed E-state index contributed by atoms with van der Waals surface area (Å²) in [6.07, 6.45) is 6.70. The molecule has 5 heteroatoms. The summed E-state index contributed by atoms with van der Waals surface area (Å²) in [5.41, 5.74) is 12.7. The van der Waals surface area contributed by atoms with Gasteiger partial charge >= 0.3 is 0 Å². The lowest BCUT2D eigenvalue weighted by Crippen LogP contribution is -2.00. The summed E-state index contributed by atoms with van der Waals surface area (Å²) in [6.45, 7) is 0. The molecule has 0 saturated heterocycles. The number of fused-ring (bicyclic) bond motifs is 8. The Balaban J connectivity index is 1.12. The number of allylic oxidation sites excluding steroid dienone is 1. The minimum atomic E-state index is 0.642. The van der Waals surface area contributed by atoms with E-state index in [2.05, 4.69) is 124 Å². The molecule has 0 bridgehead atoms. The van der Waals surface area contributed by atoms with Gasteiger partial charge in [-0.05, 0) is 84.6 Å². The molecule has 1 aliphatic carbocycles. The van der Waals surface area contributed by atoms with Crippen molar-refractivity contribution in [2.24, 2.45) is 0 Å². The van der Waals surface area contributed by atoms with Crippen LogP contribution in [0, 0.1) is 0 Å². The molecule has 54 heavy (non-hydrogen) atoms. The molecule has 0 fully saturated rings. The number of aryl methyl sites for hydroxylation is 1. The van der Waals surface area contributed by atoms with E-state index in [-0.39, 0.29) is 0 Å². The van der Waals surface area contributed by atoms with Crippen molar-refractivity contribution in [3.8, 4) is 45.5 Å². The maximum atomic E-state index is 4.98. The molecule has 0 spiro atoms. The average Bonchev–Trinajstić information content (AvgIpc) is 3.76. The number of hydrogen-bond acceptors (Lipinski definition) is 3. The first-order valence-corrected chi connectivity index (χ1v) is 18.5. The first-order chi connectivity index (χ1) is 26.8. The highest BCUT2D eigenvalue weighted by Crippen LogP contribution is 2.42. The molecular formula is C49H33N5. The zero-order chi connectivity index (χ0) is 35.6. The molecule has 0 atom stereocenters. The molecule has 3 aromatic heterocycles. The second-order valence-corrected chi connectivity index (χ2v) is 14.0. The van der Waals surface area contributed by atoms with E-state index in [1.807, 2.05) is 60.7 Å². The highest BCUT2D eigenvalue weighted by Gasteiger charge is 2.22. The molecule has 1 aliphatic rings. The molecule has 0 unspecified atom stereocenters. The second-order valence-electron chi connectivity index (χ2n) is 14.0. The Hall–Kier alpha value is -7.11. The van der Waals surface area contributed by atoms with Crippen molar-refractivity contribution in [1.29, 1.82) is 0 Å². The molecule has 3 heterocycles. The van der Waals surface area contributed by atoms with Crippen LogP contribution in [0.1, 0.15) is 17.5 Å². The van der Waals surface area contributed by atoms with E-state index in [0.29, 0.717) is 17.5 Å². The summed E-state index contributed by atoms with van der Waals surface area (Å²) >= 11 is 0. The van der Waals surface area contributed by atoms with Gasteiger partial charge in [0, 0.05) is 49.6 Å². The molecule has 7 aromatic carbocycles. The Labute approximate surface area is 312 Å². The van der Waals surface area contributed by atoms with Crippen LogP contribution in [0.5, 0.6) is 0 Å². The normalized spacial score (nSPS) is 12.6. The van der Waals surface area contributed by atoms with Gasteiger partial charge in [0.15, 0.2) is 17.5 Å². The maximum absolute atomic E-state index is 4.98. The zero-order valence-corrected chi connectivity index (χ0v) is 29.4. The van der Waals surface area contributed by atoms with Crippen molar-refractivity contribution in [2.75, 3.05) is 0 Å². The lowest BCUT2D eigenvalue weighted by atomic mass is 9.92. The van der Waals surface area contributed by atoms with Gasteiger partial charge in [-0.2, -0.15) is 0 Å². The van der Waals surface area contributed by atoms with E-state index < -0.39 is 0 Å². The van der Waals surface area contributed by atoms with Crippen molar-refractivity contribution in [3.63, 3.8) is 0 Å². The first-order valence-electron chi connectivity index (χ1n) is 18.5. The number of rotatable bonds is 5. The van der Waals surface area contributed by atoms with E-state index in [0.717, 1.165) is 40.9 Å². The maximum Gasteiger partial charge on any atom is 0.164 e. The number of hydrogen-bond donors (Lipinski definition) is 0. The van der Waals surface area contributed by atoms with E-state index in [1.165, 1.54) is 54.7 Å². The Morgan fingerprint density at radius 1 is 0.407 bits per heavy atom. The van der Waals surface area contributed by atoms with Crippen LogP contribution < -0.4 is 0 Å². The summed E-state index contributed by atoms with van der Waals surface area (Å²) < 4.78 is 4.85. The van der Waals surface area contributed by atoms with Gasteiger partial charge in [0.05, 0.1) is 22.1 Å². The molecule has 0 aliphatic heterocycles. The molecule has 5 nitrogen and oxygen atoms in total. The van der Waals surface area contributed by atoms with Crippen LogP contribution in [0.2, 0.25) is 0 Å². The van der Waals surface area contributed by atoms with Gasteiger partial charge in [-0.15, -0.1) is 0 Å². The lowest BCUT2D eigenvalue weighted by molar-refractivity contribution is 0.997. The molecule has 0 amide bonds. The van der Waals surface area contributed by atoms with Crippen LogP contribution in [0.15, 0.2) is 170 Å². The van der Waals surface area contributed by atoms with Crippen LogP contribution in [-0.2, 0) is 6.42 Å². The number of aromatic nitrogens is 5. The number of para-hydroxylation sites is 2. The van der Waals surface area contributed by atoms with Gasteiger partial charge in [0.1, 0.15) is 0 Å². The van der Waals surface area contributed by atoms with Gasteiger partial charge in [-0.3, -0.25) is 0 Å². The molecule has 0 saturated carbocycles. The third-order valence-corrected chi connectivity index (χ3v) is 10.8. The largest absolute Gasteiger partial charge is 0.309 e. The topological polar surface area (TPSA) is 48.5 Å². The van der Waals surface area contributed by atoms with Crippen LogP contribution >= 0.6 is 0 Å². The lowest BCUT2D eigenvalue weighted by Gasteiger charge is -2.13. The minimum absolute atomic E-state index is 0.642. The standard InChI is InChI=1S/C49H33N5/c1-4-15-33(16-5-1)47-50-48(34-17-6-2-7-18-34)52-49(51-47)35-24-27-37(28-25-35)53-42-23-13-12-22-39(42)40-30-41-45(31-44(40)53)54(36-19-8-3-9-20-36)43-29-26-32-14-10-11-21-38(32)46(41)43/h1-10,12-20,22-31H,11,21H2. The fourth-order valence-electron chi connectivity index (χ4n) is 8.35. The van der Waals surface area contributed by atoms with E-state index in [4.69, 9.17) is 15.0 Å². The van der Waals surface area contributed by atoms with E-state index in [9.17, 15) is 0 Å². The molecule has 10 aromatic rings. The van der Waals surface area contributed by atoms with Gasteiger partial charge in [-0.1, -0.05) is 115 Å². The predicted molar refractivity (Wildman–Crippen MR) is 222 cm³/mol. The van der Waals surface area contributed by atoms with Gasteiger partial charge in [-0.25, -0.2) is 15.0 Å². The number of benzene rings is 7. The average molecular weight is 692 g/mol.